The van der Waals surface area contributed by atoms with Crippen molar-refractivity contribution in [2.75, 3.05) is 11.5 Å². The summed E-state index contributed by atoms with van der Waals surface area (Å²) in [6.45, 7) is 2.82. The van der Waals surface area contributed by atoms with E-state index >= 15 is 0 Å². The maximum Gasteiger partial charge on any atom is 0.120 e. The van der Waals surface area contributed by atoms with E-state index in [0.717, 1.165) is 5.82 Å². The molecule has 1 unspecified atom stereocenters. The molecule has 0 saturated carbocycles. The predicted molar refractivity (Wildman–Crippen MR) is 60.4 cm³/mol. The molecule has 14 heavy (non-hydrogen) atoms. The Morgan fingerprint density at radius 3 is 3.14 bits per heavy atom. The summed E-state index contributed by atoms with van der Waals surface area (Å²) >= 11 is 2.03. The van der Waals surface area contributed by atoms with Gasteiger partial charge in [0.1, 0.15) is 5.82 Å². The molecule has 2 heterocycles. The lowest BCUT2D eigenvalue weighted by Crippen LogP contribution is -2.29. The average molecular weight is 211 g/mol. The Kier molecular flexibility index (Phi) is 2.83. The quantitative estimate of drug-likeness (QED) is 0.782. The summed E-state index contributed by atoms with van der Waals surface area (Å²) in [4.78, 5) is 7.59. The van der Waals surface area contributed by atoms with Crippen LogP contribution >= 0.6 is 11.8 Å². The monoisotopic (exact) mass is 211 g/mol. The van der Waals surface area contributed by atoms with Gasteiger partial charge < -0.3 is 10.7 Å². The van der Waals surface area contributed by atoms with Gasteiger partial charge in [-0.1, -0.05) is 6.92 Å². The average Bonchev–Trinajstić information content (AvgIpc) is 2.67. The van der Waals surface area contributed by atoms with Gasteiger partial charge in [-0.2, -0.15) is 11.8 Å². The van der Waals surface area contributed by atoms with Crippen LogP contribution in [-0.2, 0) is 12.0 Å². The van der Waals surface area contributed by atoms with Crippen molar-refractivity contribution in [2.45, 2.75) is 31.7 Å². The Hall–Kier alpha value is -0.480. The maximum atomic E-state index is 5.54. The third kappa shape index (κ3) is 1.81. The highest BCUT2D eigenvalue weighted by Crippen LogP contribution is 2.36. The zero-order valence-corrected chi connectivity index (χ0v) is 9.36. The minimum Gasteiger partial charge on any atom is -0.344 e. The molecule has 1 aromatic heterocycles. The molecule has 78 valence electrons. The van der Waals surface area contributed by atoms with E-state index in [-0.39, 0.29) is 5.41 Å². The number of aromatic nitrogens is 2. The molecule has 0 bridgehead atoms. The predicted octanol–water partition coefficient (Wildman–Crippen LogP) is 1.65. The molecule has 1 aromatic rings. The third-order valence-electron chi connectivity index (χ3n) is 2.91. The largest absolute Gasteiger partial charge is 0.344 e. The van der Waals surface area contributed by atoms with Gasteiger partial charge in [0, 0.05) is 23.1 Å². The molecule has 0 aromatic carbocycles. The van der Waals surface area contributed by atoms with Crippen molar-refractivity contribution in [2.24, 2.45) is 5.73 Å². The Morgan fingerprint density at radius 2 is 2.57 bits per heavy atom. The standard InChI is InChI=1S/C10H17N3S/c1-10(3-2-4-14-7-10)8-6-12-9(5-11)13-8/h6H,2-5,7,11H2,1H3,(H,12,13). The molecule has 3 N–H and O–H groups in total. The highest BCUT2D eigenvalue weighted by atomic mass is 32.2. The summed E-state index contributed by atoms with van der Waals surface area (Å²) in [6.07, 6.45) is 4.51. The van der Waals surface area contributed by atoms with Crippen LogP contribution in [0.25, 0.3) is 0 Å². The Labute approximate surface area is 88.9 Å². The number of rotatable bonds is 2. The highest BCUT2D eigenvalue weighted by Gasteiger charge is 2.30. The molecule has 0 radical (unpaired) electrons. The van der Waals surface area contributed by atoms with Crippen LogP contribution in [0, 0.1) is 0 Å². The van der Waals surface area contributed by atoms with E-state index in [1.165, 1.54) is 30.0 Å². The normalized spacial score (nSPS) is 27.9. The van der Waals surface area contributed by atoms with Crippen LogP contribution in [0.3, 0.4) is 0 Å². The van der Waals surface area contributed by atoms with Crippen molar-refractivity contribution < 1.29 is 0 Å². The van der Waals surface area contributed by atoms with E-state index in [2.05, 4.69) is 16.9 Å². The molecule has 3 nitrogen and oxygen atoms in total. The molecule has 4 heteroatoms. The lowest BCUT2D eigenvalue weighted by molar-refractivity contribution is 0.460. The van der Waals surface area contributed by atoms with E-state index in [9.17, 15) is 0 Å². The first-order chi connectivity index (χ1) is 6.74. The lowest BCUT2D eigenvalue weighted by Gasteiger charge is -2.31. The van der Waals surface area contributed by atoms with Crippen molar-refractivity contribution in [1.29, 1.82) is 0 Å². The summed E-state index contributed by atoms with van der Waals surface area (Å²) < 4.78 is 0. The highest BCUT2D eigenvalue weighted by molar-refractivity contribution is 7.99. The fraction of sp³-hybridized carbons (Fsp3) is 0.700. The van der Waals surface area contributed by atoms with E-state index in [0.29, 0.717) is 6.54 Å². The van der Waals surface area contributed by atoms with E-state index in [1.54, 1.807) is 0 Å². The minimum atomic E-state index is 0.281. The zero-order valence-electron chi connectivity index (χ0n) is 8.55. The summed E-state index contributed by atoms with van der Waals surface area (Å²) in [5.74, 6) is 3.39. The summed E-state index contributed by atoms with van der Waals surface area (Å²) in [7, 11) is 0. The SMILES string of the molecule is CC1(c2cnc(CN)[nH]2)CCCSC1. The molecule has 1 saturated heterocycles. The second-order valence-corrected chi connectivity index (χ2v) is 5.27. The fourth-order valence-electron chi connectivity index (χ4n) is 1.92. The summed E-state index contributed by atoms with van der Waals surface area (Å²) in [5.41, 5.74) is 7.07. The third-order valence-corrected chi connectivity index (χ3v) is 4.33. The Bertz CT molecular complexity index is 302. The Balaban J connectivity index is 2.19. The molecule has 1 aliphatic rings. The van der Waals surface area contributed by atoms with Gasteiger partial charge in [-0.15, -0.1) is 0 Å². The first kappa shape index (κ1) is 10.1. The molecule has 0 amide bonds. The van der Waals surface area contributed by atoms with Gasteiger partial charge in [0.2, 0.25) is 0 Å². The molecule has 2 rings (SSSR count). The summed E-state index contributed by atoms with van der Waals surface area (Å²) in [6, 6.07) is 0. The van der Waals surface area contributed by atoms with Crippen LogP contribution in [0.2, 0.25) is 0 Å². The van der Waals surface area contributed by atoms with Crippen LogP contribution in [0.4, 0.5) is 0 Å². The molecule has 0 aliphatic carbocycles. The molecular formula is C10H17N3S. The van der Waals surface area contributed by atoms with Crippen molar-refractivity contribution in [3.63, 3.8) is 0 Å². The van der Waals surface area contributed by atoms with Crippen LogP contribution in [0.15, 0.2) is 6.20 Å². The number of nitrogens with two attached hydrogens (primary N) is 1. The number of aromatic amines is 1. The van der Waals surface area contributed by atoms with Gasteiger partial charge in [-0.05, 0) is 18.6 Å². The number of hydrogen-bond donors (Lipinski definition) is 2. The van der Waals surface area contributed by atoms with Crippen LogP contribution in [0.5, 0.6) is 0 Å². The molecule has 0 spiro atoms. The van der Waals surface area contributed by atoms with Crippen molar-refractivity contribution in [3.05, 3.63) is 17.7 Å². The first-order valence-electron chi connectivity index (χ1n) is 5.07. The van der Waals surface area contributed by atoms with Gasteiger partial charge in [-0.3, -0.25) is 0 Å². The van der Waals surface area contributed by atoms with Gasteiger partial charge in [0.25, 0.3) is 0 Å². The topological polar surface area (TPSA) is 54.7 Å². The van der Waals surface area contributed by atoms with Gasteiger partial charge in [0.05, 0.1) is 6.54 Å². The van der Waals surface area contributed by atoms with Gasteiger partial charge in [-0.25, -0.2) is 4.98 Å². The van der Waals surface area contributed by atoms with Gasteiger partial charge >= 0.3 is 0 Å². The minimum absolute atomic E-state index is 0.281. The number of H-pyrrole nitrogens is 1. The summed E-state index contributed by atoms with van der Waals surface area (Å²) in [5, 5.41) is 0. The maximum absolute atomic E-state index is 5.54. The lowest BCUT2D eigenvalue weighted by atomic mass is 9.84. The van der Waals surface area contributed by atoms with E-state index in [4.69, 9.17) is 5.73 Å². The van der Waals surface area contributed by atoms with Crippen molar-refractivity contribution in [3.8, 4) is 0 Å². The Morgan fingerprint density at radius 1 is 1.71 bits per heavy atom. The molecule has 1 aliphatic heterocycles. The second-order valence-electron chi connectivity index (χ2n) is 4.16. The van der Waals surface area contributed by atoms with E-state index in [1.807, 2.05) is 18.0 Å². The van der Waals surface area contributed by atoms with Crippen LogP contribution in [-0.4, -0.2) is 21.5 Å². The van der Waals surface area contributed by atoms with Crippen molar-refractivity contribution in [1.82, 2.24) is 9.97 Å². The second kappa shape index (κ2) is 3.95. The molecule has 1 fully saturated rings. The van der Waals surface area contributed by atoms with Crippen LogP contribution < -0.4 is 5.73 Å². The number of hydrogen-bond acceptors (Lipinski definition) is 3. The molecular weight excluding hydrogens is 194 g/mol. The molecule has 1 atom stereocenters. The number of nitrogens with zero attached hydrogens (tertiary/aromatic N) is 1. The van der Waals surface area contributed by atoms with E-state index < -0.39 is 0 Å². The number of imidazole rings is 1. The van der Waals surface area contributed by atoms with Gasteiger partial charge in [0.15, 0.2) is 0 Å². The van der Waals surface area contributed by atoms with Crippen molar-refractivity contribution >= 4 is 11.8 Å². The fourth-order valence-corrected chi connectivity index (χ4v) is 3.16. The number of thioether (sulfide) groups is 1. The first-order valence-corrected chi connectivity index (χ1v) is 6.22. The number of nitrogens with one attached hydrogen (secondary N) is 1. The zero-order chi connectivity index (χ0) is 10.0. The smallest absolute Gasteiger partial charge is 0.120 e. The van der Waals surface area contributed by atoms with Crippen LogP contribution in [0.1, 0.15) is 31.3 Å².